The maximum Gasteiger partial charge on any atom is 0.311 e. The standard InChI is InChI=1S/C25H38N2O2/c1-7-29-24(28)16-23-25(20-13-8-9-14-21(20)27-23)22(26-18(4)5)15-19(6)12-10-11-17(2)3/h8-9,11,13-14,18-19,22,26-27H,7,10,12,15-16H2,1-6H3. The number of aromatic nitrogens is 1. The van der Waals surface area contributed by atoms with Gasteiger partial charge in [0.05, 0.1) is 13.0 Å². The molecule has 1 aromatic carbocycles. The third kappa shape index (κ3) is 7.04. The zero-order valence-electron chi connectivity index (χ0n) is 19.0. The summed E-state index contributed by atoms with van der Waals surface area (Å²) < 4.78 is 5.23. The van der Waals surface area contributed by atoms with Gasteiger partial charge in [-0.3, -0.25) is 4.79 Å². The van der Waals surface area contributed by atoms with E-state index in [0.717, 1.165) is 30.5 Å². The smallest absolute Gasteiger partial charge is 0.311 e. The molecule has 0 amide bonds. The van der Waals surface area contributed by atoms with Gasteiger partial charge in [-0.25, -0.2) is 0 Å². The number of esters is 1. The van der Waals surface area contributed by atoms with Crippen molar-refractivity contribution in [3.8, 4) is 0 Å². The van der Waals surface area contributed by atoms with Gasteiger partial charge >= 0.3 is 5.97 Å². The fraction of sp³-hybridized carbons (Fsp3) is 0.560. The Balaban J connectivity index is 2.35. The number of H-pyrrole nitrogens is 1. The highest BCUT2D eigenvalue weighted by Gasteiger charge is 2.24. The number of rotatable bonds is 11. The van der Waals surface area contributed by atoms with E-state index in [0.29, 0.717) is 18.6 Å². The summed E-state index contributed by atoms with van der Waals surface area (Å²) in [6, 6.07) is 8.88. The quantitative estimate of drug-likeness (QED) is 0.356. The summed E-state index contributed by atoms with van der Waals surface area (Å²) in [4.78, 5) is 15.7. The topological polar surface area (TPSA) is 54.1 Å². The van der Waals surface area contributed by atoms with Gasteiger partial charge in [0.25, 0.3) is 0 Å². The average molecular weight is 399 g/mol. The van der Waals surface area contributed by atoms with Crippen LogP contribution < -0.4 is 5.32 Å². The highest BCUT2D eigenvalue weighted by atomic mass is 16.5. The first-order chi connectivity index (χ1) is 13.8. The summed E-state index contributed by atoms with van der Waals surface area (Å²) in [5, 5.41) is 4.96. The Bertz CT molecular complexity index is 815. The molecular weight excluding hydrogens is 360 g/mol. The van der Waals surface area contributed by atoms with Crippen LogP contribution in [-0.4, -0.2) is 23.6 Å². The van der Waals surface area contributed by atoms with E-state index in [2.05, 4.69) is 69.2 Å². The van der Waals surface area contributed by atoms with E-state index in [-0.39, 0.29) is 18.4 Å². The van der Waals surface area contributed by atoms with Crippen molar-refractivity contribution in [2.24, 2.45) is 5.92 Å². The van der Waals surface area contributed by atoms with Gasteiger partial charge in [-0.15, -0.1) is 0 Å². The molecule has 29 heavy (non-hydrogen) atoms. The van der Waals surface area contributed by atoms with E-state index in [1.165, 1.54) is 16.5 Å². The largest absolute Gasteiger partial charge is 0.466 e. The predicted molar refractivity (Wildman–Crippen MR) is 122 cm³/mol. The van der Waals surface area contributed by atoms with E-state index >= 15 is 0 Å². The molecule has 0 spiro atoms. The van der Waals surface area contributed by atoms with E-state index in [1.54, 1.807) is 0 Å². The van der Waals surface area contributed by atoms with Crippen LogP contribution in [0.1, 0.15) is 78.1 Å². The molecule has 4 nitrogen and oxygen atoms in total. The Hall–Kier alpha value is -2.07. The van der Waals surface area contributed by atoms with Gasteiger partial charge in [0.2, 0.25) is 0 Å². The first-order valence-electron chi connectivity index (χ1n) is 11.0. The fourth-order valence-electron chi connectivity index (χ4n) is 3.96. The van der Waals surface area contributed by atoms with Gasteiger partial charge in [0.15, 0.2) is 0 Å². The number of hydrogen-bond donors (Lipinski definition) is 2. The number of nitrogens with one attached hydrogen (secondary N) is 2. The van der Waals surface area contributed by atoms with Gasteiger partial charge in [-0.1, -0.05) is 50.6 Å². The van der Waals surface area contributed by atoms with Crippen LogP contribution in [0.5, 0.6) is 0 Å². The van der Waals surface area contributed by atoms with Gasteiger partial charge in [0, 0.05) is 28.7 Å². The van der Waals surface area contributed by atoms with Crippen molar-refractivity contribution < 1.29 is 9.53 Å². The van der Waals surface area contributed by atoms with Crippen LogP contribution in [0, 0.1) is 5.92 Å². The third-order valence-electron chi connectivity index (χ3n) is 5.19. The van der Waals surface area contributed by atoms with Crippen LogP contribution in [0.3, 0.4) is 0 Å². The van der Waals surface area contributed by atoms with Crippen molar-refractivity contribution in [2.75, 3.05) is 6.61 Å². The number of para-hydroxylation sites is 1. The summed E-state index contributed by atoms with van der Waals surface area (Å²) >= 11 is 0. The lowest BCUT2D eigenvalue weighted by Crippen LogP contribution is -2.30. The van der Waals surface area contributed by atoms with E-state index < -0.39 is 0 Å². The van der Waals surface area contributed by atoms with Gasteiger partial charge in [-0.05, 0) is 57.6 Å². The molecular formula is C25H38N2O2. The van der Waals surface area contributed by atoms with E-state index in [9.17, 15) is 4.79 Å². The molecule has 2 N–H and O–H groups in total. The van der Waals surface area contributed by atoms with Crippen LogP contribution in [0.25, 0.3) is 10.9 Å². The number of carbonyl (C=O) groups is 1. The molecule has 2 aromatic rings. The number of fused-ring (bicyclic) bond motifs is 1. The van der Waals surface area contributed by atoms with Crippen molar-refractivity contribution in [3.63, 3.8) is 0 Å². The summed E-state index contributed by atoms with van der Waals surface area (Å²) in [6.07, 6.45) is 5.91. The Morgan fingerprint density at radius 3 is 2.59 bits per heavy atom. The number of allylic oxidation sites excluding steroid dienone is 2. The molecule has 0 aliphatic heterocycles. The molecule has 1 aromatic heterocycles. The van der Waals surface area contributed by atoms with Crippen molar-refractivity contribution in [1.29, 1.82) is 0 Å². The average Bonchev–Trinajstić information content (AvgIpc) is 2.98. The molecule has 0 aliphatic carbocycles. The molecule has 2 rings (SSSR count). The molecule has 4 heteroatoms. The Kier molecular flexibility index (Phi) is 8.97. The number of carbonyl (C=O) groups excluding carboxylic acids is 1. The molecule has 1 heterocycles. The van der Waals surface area contributed by atoms with Crippen molar-refractivity contribution in [1.82, 2.24) is 10.3 Å². The minimum atomic E-state index is -0.180. The number of aromatic amines is 1. The highest BCUT2D eigenvalue weighted by Crippen LogP contribution is 2.33. The van der Waals surface area contributed by atoms with Gasteiger partial charge < -0.3 is 15.0 Å². The maximum atomic E-state index is 12.2. The summed E-state index contributed by atoms with van der Waals surface area (Å²) in [5.41, 5.74) is 4.65. The first-order valence-corrected chi connectivity index (χ1v) is 11.0. The summed E-state index contributed by atoms with van der Waals surface area (Å²) in [5.74, 6) is 0.395. The predicted octanol–water partition coefficient (Wildman–Crippen LogP) is 6.09. The van der Waals surface area contributed by atoms with Gasteiger partial charge in [-0.2, -0.15) is 0 Å². The van der Waals surface area contributed by atoms with Crippen molar-refractivity contribution in [3.05, 3.63) is 47.2 Å². The normalized spacial score (nSPS) is 13.5. The zero-order chi connectivity index (χ0) is 21.4. The molecule has 0 saturated carbocycles. The molecule has 2 atom stereocenters. The van der Waals surface area contributed by atoms with Crippen LogP contribution in [0.4, 0.5) is 0 Å². The molecule has 0 bridgehead atoms. The lowest BCUT2D eigenvalue weighted by molar-refractivity contribution is -0.142. The summed E-state index contributed by atoms with van der Waals surface area (Å²) in [6.45, 7) is 13.3. The number of hydrogen-bond acceptors (Lipinski definition) is 3. The molecule has 0 saturated heterocycles. The van der Waals surface area contributed by atoms with Crippen LogP contribution in [-0.2, 0) is 16.0 Å². The second-order valence-electron chi connectivity index (χ2n) is 8.62. The maximum absolute atomic E-state index is 12.2. The minimum absolute atomic E-state index is 0.180. The van der Waals surface area contributed by atoms with E-state index in [4.69, 9.17) is 4.74 Å². The number of ether oxygens (including phenoxy) is 1. The lowest BCUT2D eigenvalue weighted by Gasteiger charge is -2.25. The van der Waals surface area contributed by atoms with Crippen molar-refractivity contribution in [2.45, 2.75) is 79.3 Å². The zero-order valence-corrected chi connectivity index (χ0v) is 19.0. The molecule has 0 aliphatic rings. The van der Waals surface area contributed by atoms with Crippen LogP contribution in [0.15, 0.2) is 35.9 Å². The number of benzene rings is 1. The van der Waals surface area contributed by atoms with E-state index in [1.807, 2.05) is 13.0 Å². The highest BCUT2D eigenvalue weighted by molar-refractivity contribution is 5.87. The van der Waals surface area contributed by atoms with Gasteiger partial charge in [0.1, 0.15) is 0 Å². The Labute approximate surface area is 176 Å². The molecule has 0 radical (unpaired) electrons. The second kappa shape index (κ2) is 11.2. The Morgan fingerprint density at radius 1 is 1.21 bits per heavy atom. The molecule has 160 valence electrons. The Morgan fingerprint density at radius 2 is 1.93 bits per heavy atom. The first kappa shape index (κ1) is 23.2. The monoisotopic (exact) mass is 398 g/mol. The molecule has 2 unspecified atom stereocenters. The van der Waals surface area contributed by atoms with Crippen molar-refractivity contribution >= 4 is 16.9 Å². The SMILES string of the molecule is CCOC(=O)Cc1[nH]c2ccccc2c1C(CC(C)CCC=C(C)C)NC(C)C. The third-order valence-corrected chi connectivity index (χ3v) is 5.19. The molecule has 0 fully saturated rings. The summed E-state index contributed by atoms with van der Waals surface area (Å²) in [7, 11) is 0. The minimum Gasteiger partial charge on any atom is -0.466 e. The second-order valence-corrected chi connectivity index (χ2v) is 8.62. The lowest BCUT2D eigenvalue weighted by atomic mass is 9.90. The van der Waals surface area contributed by atoms with Crippen LogP contribution >= 0.6 is 0 Å². The van der Waals surface area contributed by atoms with Crippen LogP contribution in [0.2, 0.25) is 0 Å². The fourth-order valence-corrected chi connectivity index (χ4v) is 3.96.